The second kappa shape index (κ2) is 8.16. The molecule has 0 radical (unpaired) electrons. The second-order valence-corrected chi connectivity index (χ2v) is 6.73. The van der Waals surface area contributed by atoms with E-state index in [4.69, 9.17) is 4.42 Å². The summed E-state index contributed by atoms with van der Waals surface area (Å²) in [7, 11) is 0. The van der Waals surface area contributed by atoms with Gasteiger partial charge in [-0.15, -0.1) is 0 Å². The molecule has 0 fully saturated rings. The molecule has 1 aliphatic rings. The summed E-state index contributed by atoms with van der Waals surface area (Å²) in [4.78, 5) is 26.1. The van der Waals surface area contributed by atoms with Crippen molar-refractivity contribution < 1.29 is 14.0 Å². The summed E-state index contributed by atoms with van der Waals surface area (Å²) in [6, 6.07) is 9.51. The molecule has 5 nitrogen and oxygen atoms in total. The van der Waals surface area contributed by atoms with Gasteiger partial charge in [0, 0.05) is 35.7 Å². The quantitative estimate of drug-likeness (QED) is 0.777. The Morgan fingerprint density at radius 1 is 1.32 bits per heavy atom. The number of hydrogen-bond donors (Lipinski definition) is 1. The largest absolute Gasteiger partial charge is 0.465 e. The first kappa shape index (κ1) is 17.5. The molecule has 0 unspecified atom stereocenters. The summed E-state index contributed by atoms with van der Waals surface area (Å²) in [5.41, 5.74) is 2.16. The maximum Gasteiger partial charge on any atom is 0.244 e. The number of rotatable bonds is 5. The number of nitrogens with zero attached hydrogens (tertiary/aromatic N) is 1. The SMILES string of the molecule is O=C(/C=C/c1ccco1)NCCC(=O)N1CCCc2cc(Br)ccc21. The molecule has 0 atom stereocenters. The van der Waals surface area contributed by atoms with Gasteiger partial charge in [-0.1, -0.05) is 15.9 Å². The van der Waals surface area contributed by atoms with Crippen LogP contribution in [0.2, 0.25) is 0 Å². The average Bonchev–Trinajstić information content (AvgIpc) is 3.12. The number of aryl methyl sites for hydroxylation is 1. The van der Waals surface area contributed by atoms with Crippen LogP contribution >= 0.6 is 15.9 Å². The highest BCUT2D eigenvalue weighted by Crippen LogP contribution is 2.30. The first-order valence-electron chi connectivity index (χ1n) is 8.22. The van der Waals surface area contributed by atoms with Gasteiger partial charge in [0.05, 0.1) is 6.26 Å². The van der Waals surface area contributed by atoms with Gasteiger partial charge in [-0.2, -0.15) is 0 Å². The Morgan fingerprint density at radius 2 is 2.20 bits per heavy atom. The number of benzene rings is 1. The Balaban J connectivity index is 1.51. The molecule has 2 heterocycles. The van der Waals surface area contributed by atoms with Crippen LogP contribution in [0, 0.1) is 0 Å². The molecule has 1 aromatic heterocycles. The molecule has 0 bridgehead atoms. The van der Waals surface area contributed by atoms with E-state index < -0.39 is 0 Å². The van der Waals surface area contributed by atoms with Crippen LogP contribution in [0.4, 0.5) is 5.69 Å². The van der Waals surface area contributed by atoms with Crippen molar-refractivity contribution in [1.29, 1.82) is 0 Å². The molecule has 6 heteroatoms. The van der Waals surface area contributed by atoms with E-state index >= 15 is 0 Å². The highest BCUT2D eigenvalue weighted by molar-refractivity contribution is 9.10. The molecular weight excluding hydrogens is 384 g/mol. The lowest BCUT2D eigenvalue weighted by Crippen LogP contribution is -2.37. The Hall–Kier alpha value is -2.34. The number of nitrogens with one attached hydrogen (secondary N) is 1. The van der Waals surface area contributed by atoms with Crippen LogP contribution in [0.25, 0.3) is 6.08 Å². The minimum atomic E-state index is -0.243. The van der Waals surface area contributed by atoms with Gasteiger partial charge in [0.25, 0.3) is 0 Å². The lowest BCUT2D eigenvalue weighted by atomic mass is 10.0. The highest BCUT2D eigenvalue weighted by Gasteiger charge is 2.22. The van der Waals surface area contributed by atoms with Crippen molar-refractivity contribution >= 4 is 39.5 Å². The number of carbonyl (C=O) groups excluding carboxylic acids is 2. The van der Waals surface area contributed by atoms with Gasteiger partial charge in [-0.05, 0) is 54.8 Å². The standard InChI is InChI=1S/C19H19BrN2O3/c20-15-5-7-17-14(13-15)3-1-11-22(17)19(24)9-10-21-18(23)8-6-16-4-2-12-25-16/h2,4-8,12-13H,1,3,9-11H2,(H,21,23)/b8-6+. The lowest BCUT2D eigenvalue weighted by molar-refractivity contribution is -0.119. The Labute approximate surface area is 154 Å². The zero-order valence-electron chi connectivity index (χ0n) is 13.7. The molecule has 1 aliphatic heterocycles. The summed E-state index contributed by atoms with van der Waals surface area (Å²) in [5.74, 6) is 0.396. The van der Waals surface area contributed by atoms with Crippen molar-refractivity contribution in [2.75, 3.05) is 18.0 Å². The fourth-order valence-corrected chi connectivity index (χ4v) is 3.26. The van der Waals surface area contributed by atoms with Crippen molar-refractivity contribution in [3.8, 4) is 0 Å². The molecule has 3 rings (SSSR count). The maximum absolute atomic E-state index is 12.5. The third-order valence-electron chi connectivity index (χ3n) is 4.04. The van der Waals surface area contributed by atoms with E-state index in [2.05, 4.69) is 27.3 Å². The molecule has 1 aromatic carbocycles. The van der Waals surface area contributed by atoms with Gasteiger partial charge in [-0.3, -0.25) is 9.59 Å². The topological polar surface area (TPSA) is 62.6 Å². The number of hydrogen-bond acceptors (Lipinski definition) is 3. The summed E-state index contributed by atoms with van der Waals surface area (Å²) in [6.45, 7) is 1.03. The van der Waals surface area contributed by atoms with Crippen molar-refractivity contribution in [2.24, 2.45) is 0 Å². The monoisotopic (exact) mass is 402 g/mol. The summed E-state index contributed by atoms with van der Waals surface area (Å²) in [5, 5.41) is 2.73. The van der Waals surface area contributed by atoms with Gasteiger partial charge in [0.2, 0.25) is 11.8 Å². The van der Waals surface area contributed by atoms with E-state index in [-0.39, 0.29) is 18.2 Å². The zero-order chi connectivity index (χ0) is 17.6. The van der Waals surface area contributed by atoms with E-state index in [1.807, 2.05) is 17.0 Å². The average molecular weight is 403 g/mol. The number of carbonyl (C=O) groups is 2. The number of furan rings is 1. The molecule has 2 amide bonds. The highest BCUT2D eigenvalue weighted by atomic mass is 79.9. The molecule has 0 saturated heterocycles. The Morgan fingerprint density at radius 3 is 3.00 bits per heavy atom. The summed E-state index contributed by atoms with van der Waals surface area (Å²) < 4.78 is 6.14. The minimum absolute atomic E-state index is 0.0265. The Kier molecular flexibility index (Phi) is 5.71. The van der Waals surface area contributed by atoms with Crippen LogP contribution in [0.5, 0.6) is 0 Å². The fourth-order valence-electron chi connectivity index (χ4n) is 2.86. The van der Waals surface area contributed by atoms with Crippen molar-refractivity contribution in [2.45, 2.75) is 19.3 Å². The minimum Gasteiger partial charge on any atom is -0.465 e. The molecule has 130 valence electrons. The first-order chi connectivity index (χ1) is 12.1. The molecule has 1 N–H and O–H groups in total. The third-order valence-corrected chi connectivity index (χ3v) is 4.53. The second-order valence-electron chi connectivity index (χ2n) is 5.81. The van der Waals surface area contributed by atoms with Crippen LogP contribution < -0.4 is 10.2 Å². The van der Waals surface area contributed by atoms with Crippen molar-refractivity contribution in [3.05, 3.63) is 58.5 Å². The van der Waals surface area contributed by atoms with Crippen LogP contribution in [-0.4, -0.2) is 24.9 Å². The predicted molar refractivity (Wildman–Crippen MR) is 100 cm³/mol. The molecular formula is C19H19BrN2O3. The number of halogens is 1. The van der Waals surface area contributed by atoms with Crippen molar-refractivity contribution in [3.63, 3.8) is 0 Å². The van der Waals surface area contributed by atoms with E-state index in [9.17, 15) is 9.59 Å². The normalized spacial score (nSPS) is 13.7. The number of fused-ring (bicyclic) bond motifs is 1. The molecule has 0 aliphatic carbocycles. The van der Waals surface area contributed by atoms with Crippen LogP contribution in [0.15, 0.2) is 51.6 Å². The van der Waals surface area contributed by atoms with E-state index in [0.717, 1.165) is 29.5 Å². The number of amides is 2. The number of anilines is 1. The van der Waals surface area contributed by atoms with Gasteiger partial charge in [0.1, 0.15) is 5.76 Å². The van der Waals surface area contributed by atoms with Crippen LogP contribution in [-0.2, 0) is 16.0 Å². The molecule has 0 saturated carbocycles. The van der Waals surface area contributed by atoms with Crippen LogP contribution in [0.1, 0.15) is 24.2 Å². The van der Waals surface area contributed by atoms with Gasteiger partial charge < -0.3 is 14.6 Å². The maximum atomic E-state index is 12.5. The Bertz CT molecular complexity index is 784. The zero-order valence-corrected chi connectivity index (χ0v) is 15.3. The van der Waals surface area contributed by atoms with Crippen molar-refractivity contribution in [1.82, 2.24) is 5.32 Å². The summed E-state index contributed by atoms with van der Waals surface area (Å²) >= 11 is 3.47. The lowest BCUT2D eigenvalue weighted by Gasteiger charge is -2.29. The van der Waals surface area contributed by atoms with Gasteiger partial charge >= 0.3 is 0 Å². The van der Waals surface area contributed by atoms with Gasteiger partial charge in [0.15, 0.2) is 0 Å². The van der Waals surface area contributed by atoms with E-state index in [1.165, 1.54) is 11.6 Å². The van der Waals surface area contributed by atoms with Gasteiger partial charge in [-0.25, -0.2) is 0 Å². The summed E-state index contributed by atoms with van der Waals surface area (Å²) in [6.07, 6.45) is 6.74. The smallest absolute Gasteiger partial charge is 0.244 e. The molecule has 2 aromatic rings. The first-order valence-corrected chi connectivity index (χ1v) is 9.01. The third kappa shape index (κ3) is 4.60. The predicted octanol–water partition coefficient (Wildman–Crippen LogP) is 3.54. The van der Waals surface area contributed by atoms with E-state index in [1.54, 1.807) is 24.5 Å². The fraction of sp³-hybridized carbons (Fsp3) is 0.263. The van der Waals surface area contributed by atoms with Crippen LogP contribution in [0.3, 0.4) is 0 Å². The molecule has 0 spiro atoms. The van der Waals surface area contributed by atoms with E-state index in [0.29, 0.717) is 12.3 Å². The molecule has 25 heavy (non-hydrogen) atoms.